The van der Waals surface area contributed by atoms with Crippen molar-refractivity contribution in [2.45, 2.75) is 108 Å². The number of nitrogens with zero attached hydrogens (tertiary/aromatic N) is 5. The number of fused-ring (bicyclic) bond motifs is 4. The summed E-state index contributed by atoms with van der Waals surface area (Å²) in [7, 11) is 0. The predicted molar refractivity (Wildman–Crippen MR) is 171 cm³/mol. The van der Waals surface area contributed by atoms with Crippen LogP contribution in [0.3, 0.4) is 0 Å². The Bertz CT molecular complexity index is 1360. The highest BCUT2D eigenvalue weighted by Gasteiger charge is 2.50. The Hall–Kier alpha value is -2.79. The van der Waals surface area contributed by atoms with Gasteiger partial charge in [-0.1, -0.05) is 44.9 Å². The number of piperidine rings is 5. The van der Waals surface area contributed by atoms with Gasteiger partial charge in [-0.2, -0.15) is 0 Å². The highest BCUT2D eigenvalue weighted by atomic mass is 19.1. The number of carbonyl (C=O) groups is 2. The maximum absolute atomic E-state index is 14.2. The first-order valence-corrected chi connectivity index (χ1v) is 17.7. The largest absolute Gasteiger partial charge is 0.381 e. The number of nitrogens with two attached hydrogens (primary N) is 1. The zero-order valence-corrected chi connectivity index (χ0v) is 26.7. The van der Waals surface area contributed by atoms with E-state index in [0.29, 0.717) is 17.7 Å². The molecule has 2 aromatic heterocycles. The van der Waals surface area contributed by atoms with E-state index in [1.807, 2.05) is 0 Å². The van der Waals surface area contributed by atoms with Gasteiger partial charge in [0.2, 0.25) is 5.91 Å². The second-order valence-electron chi connectivity index (χ2n) is 14.8. The number of nitrogen functional groups attached to an aromatic ring is 1. The Kier molecular flexibility index (Phi) is 8.76. The summed E-state index contributed by atoms with van der Waals surface area (Å²) in [6.45, 7) is 5.73. The minimum atomic E-state index is -0.535. The molecule has 6 fully saturated rings. The van der Waals surface area contributed by atoms with E-state index < -0.39 is 5.82 Å². The maximum Gasteiger partial charge on any atom is 0.259 e. The van der Waals surface area contributed by atoms with E-state index in [1.54, 1.807) is 0 Å². The third-order valence-electron chi connectivity index (χ3n) is 12.3. The monoisotopic (exact) mass is 622 g/mol. The Labute approximate surface area is 266 Å². The minimum Gasteiger partial charge on any atom is -0.381 e. The molecule has 2 unspecified atom stereocenters. The van der Waals surface area contributed by atoms with Crippen LogP contribution in [-0.4, -0.2) is 87.1 Å². The first kappa shape index (κ1) is 30.8. The van der Waals surface area contributed by atoms with Crippen LogP contribution in [0.4, 0.5) is 10.2 Å². The molecule has 0 radical (unpaired) electrons. The quantitative estimate of drug-likeness (QED) is 0.469. The van der Waals surface area contributed by atoms with Crippen LogP contribution in [0.15, 0.2) is 12.4 Å². The third-order valence-corrected chi connectivity index (χ3v) is 12.3. The minimum absolute atomic E-state index is 0.0608. The first-order valence-electron chi connectivity index (χ1n) is 17.7. The van der Waals surface area contributed by atoms with Crippen molar-refractivity contribution in [1.82, 2.24) is 35.0 Å². The highest BCUT2D eigenvalue weighted by molar-refractivity contribution is 6.04. The SMILES string of the molecule is Nc1nn2cc(F)cnc2c1C(=O)NC1C(C2CCN(C(=O)C34CCN(CC3)CC4)CC2)CCNC12CCCCCCCCC2. The lowest BCUT2D eigenvalue weighted by molar-refractivity contribution is -0.151. The van der Waals surface area contributed by atoms with Crippen molar-refractivity contribution in [2.75, 3.05) is 45.0 Å². The molecule has 1 spiro atoms. The van der Waals surface area contributed by atoms with Crippen molar-refractivity contribution in [2.24, 2.45) is 17.3 Å². The van der Waals surface area contributed by atoms with Crippen molar-refractivity contribution < 1.29 is 14.0 Å². The Balaban J connectivity index is 1.13. The fraction of sp³-hybridized carbons (Fsp3) is 0.765. The van der Waals surface area contributed by atoms with Gasteiger partial charge in [-0.15, -0.1) is 5.10 Å². The van der Waals surface area contributed by atoms with Crippen molar-refractivity contribution >= 4 is 23.3 Å². The van der Waals surface area contributed by atoms with Gasteiger partial charge in [0.1, 0.15) is 5.56 Å². The van der Waals surface area contributed by atoms with E-state index in [4.69, 9.17) is 5.73 Å². The molecule has 2 bridgehead atoms. The average Bonchev–Trinajstić information content (AvgIpc) is 3.40. The molecule has 5 aliphatic heterocycles. The summed E-state index contributed by atoms with van der Waals surface area (Å²) >= 11 is 0. The van der Waals surface area contributed by atoms with E-state index in [0.717, 1.165) is 110 Å². The zero-order chi connectivity index (χ0) is 31.0. The van der Waals surface area contributed by atoms with Gasteiger partial charge < -0.3 is 26.2 Å². The molecule has 45 heavy (non-hydrogen) atoms. The van der Waals surface area contributed by atoms with Crippen molar-refractivity contribution in [3.63, 3.8) is 0 Å². The first-order chi connectivity index (χ1) is 21.9. The van der Waals surface area contributed by atoms with Crippen LogP contribution >= 0.6 is 0 Å². The van der Waals surface area contributed by atoms with Crippen LogP contribution in [0.2, 0.25) is 0 Å². The third kappa shape index (κ3) is 5.95. The number of nitrogens with one attached hydrogen (secondary N) is 2. The molecule has 2 atom stereocenters. The number of anilines is 1. The van der Waals surface area contributed by atoms with Gasteiger partial charge in [0, 0.05) is 18.6 Å². The Morgan fingerprint density at radius 2 is 1.56 bits per heavy atom. The van der Waals surface area contributed by atoms with Crippen LogP contribution in [0.5, 0.6) is 0 Å². The number of hydrogen-bond acceptors (Lipinski definition) is 7. The van der Waals surface area contributed by atoms with Crippen LogP contribution in [0, 0.1) is 23.1 Å². The summed E-state index contributed by atoms with van der Waals surface area (Å²) < 4.78 is 15.2. The number of halogens is 1. The number of likely N-dealkylation sites (tertiary alicyclic amines) is 1. The normalized spacial score (nSPS) is 31.2. The highest BCUT2D eigenvalue weighted by Crippen LogP contribution is 2.44. The van der Waals surface area contributed by atoms with Crippen LogP contribution in [0.25, 0.3) is 5.65 Å². The van der Waals surface area contributed by atoms with Gasteiger partial charge in [-0.3, -0.25) is 9.59 Å². The summed E-state index contributed by atoms with van der Waals surface area (Å²) in [6, 6.07) is -0.0820. The van der Waals surface area contributed by atoms with E-state index in [-0.39, 0.29) is 39.9 Å². The molecule has 2 aromatic rings. The smallest absolute Gasteiger partial charge is 0.259 e. The van der Waals surface area contributed by atoms with Crippen molar-refractivity contribution in [3.05, 3.63) is 23.8 Å². The molecule has 1 aliphatic carbocycles. The lowest BCUT2D eigenvalue weighted by atomic mass is 9.65. The lowest BCUT2D eigenvalue weighted by Gasteiger charge is -2.53. The van der Waals surface area contributed by atoms with Gasteiger partial charge in [0.15, 0.2) is 17.3 Å². The second-order valence-corrected chi connectivity index (χ2v) is 14.8. The molecule has 6 aliphatic rings. The van der Waals surface area contributed by atoms with E-state index in [9.17, 15) is 14.0 Å². The number of rotatable bonds is 4. The van der Waals surface area contributed by atoms with Gasteiger partial charge >= 0.3 is 0 Å². The molecule has 8 rings (SSSR count). The molecule has 0 aromatic carbocycles. The maximum atomic E-state index is 14.2. The summed E-state index contributed by atoms with van der Waals surface area (Å²) in [5, 5.41) is 11.7. The molecule has 2 amide bonds. The molecule has 7 heterocycles. The molecular formula is C34H51FN8O2. The van der Waals surface area contributed by atoms with E-state index in [2.05, 4.69) is 30.5 Å². The molecule has 5 saturated heterocycles. The number of hydrogen-bond donors (Lipinski definition) is 3. The molecule has 1 saturated carbocycles. The number of amides is 2. The average molecular weight is 623 g/mol. The standard InChI is InChI=1S/C34H51FN8O2/c35-25-22-37-30-27(29(36)40-43(30)23-25)31(44)39-28-26(8-16-38-34(28)11-6-4-2-1-3-5-7-12-34)24-9-17-42(18-10-24)32(45)33-13-19-41(20-14-33)21-15-33/h22-24,26,28,38H,1-21H2,(H2,36,40)(H,39,44). The fourth-order valence-corrected chi connectivity index (χ4v) is 9.68. The van der Waals surface area contributed by atoms with Crippen LogP contribution in [-0.2, 0) is 4.79 Å². The summed E-state index contributed by atoms with van der Waals surface area (Å²) in [5.41, 5.74) is 6.41. The summed E-state index contributed by atoms with van der Waals surface area (Å²) in [5.74, 6) is 0.352. The topological polar surface area (TPSA) is 121 Å². The van der Waals surface area contributed by atoms with Gasteiger partial charge in [-0.05, 0) is 89.4 Å². The number of carbonyl (C=O) groups excluding carboxylic acids is 2. The van der Waals surface area contributed by atoms with Gasteiger partial charge in [0.05, 0.1) is 23.9 Å². The zero-order valence-electron chi connectivity index (χ0n) is 26.7. The lowest BCUT2D eigenvalue weighted by Crippen LogP contribution is -2.68. The van der Waals surface area contributed by atoms with E-state index >= 15 is 0 Å². The van der Waals surface area contributed by atoms with E-state index in [1.165, 1.54) is 42.8 Å². The predicted octanol–water partition coefficient (Wildman–Crippen LogP) is 4.15. The Morgan fingerprint density at radius 1 is 0.911 bits per heavy atom. The van der Waals surface area contributed by atoms with Crippen molar-refractivity contribution in [1.29, 1.82) is 0 Å². The summed E-state index contributed by atoms with van der Waals surface area (Å²) in [4.78, 5) is 36.9. The molecule has 4 N–H and O–H groups in total. The van der Waals surface area contributed by atoms with Crippen molar-refractivity contribution in [3.8, 4) is 0 Å². The molecule has 11 heteroatoms. The van der Waals surface area contributed by atoms with Crippen LogP contribution < -0.4 is 16.4 Å². The Morgan fingerprint density at radius 3 is 2.22 bits per heavy atom. The molecular weight excluding hydrogens is 571 g/mol. The second kappa shape index (κ2) is 12.8. The number of aromatic nitrogens is 3. The summed E-state index contributed by atoms with van der Waals surface area (Å²) in [6.07, 6.45) is 18.8. The molecule has 246 valence electrons. The van der Waals surface area contributed by atoms with Gasteiger partial charge in [-0.25, -0.2) is 13.9 Å². The van der Waals surface area contributed by atoms with Crippen LogP contribution in [0.1, 0.15) is 107 Å². The molecule has 10 nitrogen and oxygen atoms in total. The fourth-order valence-electron chi connectivity index (χ4n) is 9.68. The van der Waals surface area contributed by atoms with Gasteiger partial charge in [0.25, 0.3) is 5.91 Å².